The van der Waals surface area contributed by atoms with Crippen LogP contribution in [0.4, 0.5) is 17.2 Å². The Bertz CT molecular complexity index is 1510. The predicted octanol–water partition coefficient (Wildman–Crippen LogP) is 5.11. The highest BCUT2D eigenvalue weighted by Gasteiger charge is 2.13. The van der Waals surface area contributed by atoms with Gasteiger partial charge in [0.1, 0.15) is 5.82 Å². The monoisotopic (exact) mass is 449 g/mol. The molecule has 8 heteroatoms. The molecule has 3 heterocycles. The molecule has 0 atom stereocenters. The number of fused-ring (bicyclic) bond motifs is 1. The number of hydrogen-bond donors (Lipinski definition) is 2. The van der Waals surface area contributed by atoms with Crippen molar-refractivity contribution in [2.24, 2.45) is 0 Å². The number of carbonyl (C=O) groups excluding carboxylic acids is 1. The maximum absolute atomic E-state index is 12.9. The summed E-state index contributed by atoms with van der Waals surface area (Å²) in [5, 5.41) is 10.9. The molecule has 34 heavy (non-hydrogen) atoms. The molecule has 5 aromatic rings. The van der Waals surface area contributed by atoms with Crippen molar-refractivity contribution in [2.45, 2.75) is 20.8 Å². The molecule has 0 aliphatic heterocycles. The first-order chi connectivity index (χ1) is 16.5. The Kier molecular flexibility index (Phi) is 5.47. The fraction of sp³-hybridized carbons (Fsp3) is 0.115. The normalized spacial score (nSPS) is 10.9. The van der Waals surface area contributed by atoms with Gasteiger partial charge in [0.25, 0.3) is 11.7 Å². The SMILES string of the molecule is Cc1cc(Nc2cccc(C(=O)Nc3ccc(C)c(C)c3)c2)n2nc(-c3cccnc3)nc2n1. The van der Waals surface area contributed by atoms with Gasteiger partial charge in [0.2, 0.25) is 0 Å². The molecule has 0 unspecified atom stereocenters. The molecule has 3 aromatic heterocycles. The van der Waals surface area contributed by atoms with Gasteiger partial charge in [-0.3, -0.25) is 9.78 Å². The average molecular weight is 450 g/mol. The lowest BCUT2D eigenvalue weighted by Gasteiger charge is -2.11. The standard InChI is InChI=1S/C26H23N7O/c1-16-9-10-22(12-17(16)2)30-25(34)19-6-4-8-21(14-19)29-23-13-18(3)28-26-31-24(32-33(23)26)20-7-5-11-27-15-20/h4-15,29H,1-3H3,(H,30,34). The van der Waals surface area contributed by atoms with Crippen LogP contribution in [0.3, 0.4) is 0 Å². The molecule has 0 fully saturated rings. The van der Waals surface area contributed by atoms with Gasteiger partial charge in [-0.1, -0.05) is 12.1 Å². The first kappa shape index (κ1) is 21.3. The van der Waals surface area contributed by atoms with E-state index >= 15 is 0 Å². The van der Waals surface area contributed by atoms with E-state index in [2.05, 4.69) is 30.7 Å². The van der Waals surface area contributed by atoms with Gasteiger partial charge in [-0.25, -0.2) is 4.98 Å². The van der Waals surface area contributed by atoms with Crippen LogP contribution in [0.15, 0.2) is 73.1 Å². The molecule has 0 aliphatic rings. The molecule has 8 nitrogen and oxygen atoms in total. The smallest absolute Gasteiger partial charge is 0.255 e. The Morgan fingerprint density at radius 3 is 2.56 bits per heavy atom. The van der Waals surface area contributed by atoms with E-state index in [4.69, 9.17) is 0 Å². The first-order valence-electron chi connectivity index (χ1n) is 10.9. The maximum Gasteiger partial charge on any atom is 0.255 e. The van der Waals surface area contributed by atoms with Gasteiger partial charge in [-0.15, -0.1) is 5.10 Å². The number of hydrogen-bond acceptors (Lipinski definition) is 6. The van der Waals surface area contributed by atoms with Crippen molar-refractivity contribution in [2.75, 3.05) is 10.6 Å². The van der Waals surface area contributed by atoms with E-state index in [-0.39, 0.29) is 5.91 Å². The zero-order valence-electron chi connectivity index (χ0n) is 19.1. The van der Waals surface area contributed by atoms with Gasteiger partial charge < -0.3 is 10.6 Å². The van der Waals surface area contributed by atoms with Gasteiger partial charge >= 0.3 is 0 Å². The summed E-state index contributed by atoms with van der Waals surface area (Å²) in [5.74, 6) is 1.53. The van der Waals surface area contributed by atoms with Crippen LogP contribution in [-0.4, -0.2) is 30.5 Å². The van der Waals surface area contributed by atoms with Gasteiger partial charge in [-0.2, -0.15) is 9.50 Å². The summed E-state index contributed by atoms with van der Waals surface area (Å²) in [6.45, 7) is 5.97. The lowest BCUT2D eigenvalue weighted by Crippen LogP contribution is -2.12. The van der Waals surface area contributed by atoms with E-state index in [1.165, 1.54) is 5.56 Å². The molecule has 0 aliphatic carbocycles. The highest BCUT2D eigenvalue weighted by Crippen LogP contribution is 2.22. The molecule has 0 bridgehead atoms. The Morgan fingerprint density at radius 1 is 0.882 bits per heavy atom. The highest BCUT2D eigenvalue weighted by molar-refractivity contribution is 6.04. The zero-order valence-corrected chi connectivity index (χ0v) is 19.1. The number of aromatic nitrogens is 5. The van der Waals surface area contributed by atoms with Crippen LogP contribution >= 0.6 is 0 Å². The number of aryl methyl sites for hydroxylation is 3. The van der Waals surface area contributed by atoms with E-state index < -0.39 is 0 Å². The summed E-state index contributed by atoms with van der Waals surface area (Å²) in [7, 11) is 0. The van der Waals surface area contributed by atoms with Crippen LogP contribution in [0.2, 0.25) is 0 Å². The van der Waals surface area contributed by atoms with Crippen molar-refractivity contribution >= 4 is 28.9 Å². The average Bonchev–Trinajstić information content (AvgIpc) is 3.26. The largest absolute Gasteiger partial charge is 0.340 e. The second-order valence-corrected chi connectivity index (χ2v) is 8.13. The fourth-order valence-electron chi connectivity index (χ4n) is 3.60. The molecular formula is C26H23N7O. The molecule has 2 aromatic carbocycles. The van der Waals surface area contributed by atoms with Crippen LogP contribution in [0.1, 0.15) is 27.2 Å². The van der Waals surface area contributed by atoms with Crippen molar-refractivity contribution < 1.29 is 4.79 Å². The van der Waals surface area contributed by atoms with Crippen LogP contribution in [0.25, 0.3) is 17.2 Å². The lowest BCUT2D eigenvalue weighted by atomic mass is 10.1. The summed E-state index contributed by atoms with van der Waals surface area (Å²) in [4.78, 5) is 26.0. The van der Waals surface area contributed by atoms with Crippen LogP contribution in [0, 0.1) is 20.8 Å². The number of nitrogens with zero attached hydrogens (tertiary/aromatic N) is 5. The Balaban J connectivity index is 1.43. The summed E-state index contributed by atoms with van der Waals surface area (Å²) < 4.78 is 1.65. The highest BCUT2D eigenvalue weighted by atomic mass is 16.1. The molecule has 0 saturated carbocycles. The number of carbonyl (C=O) groups is 1. The minimum absolute atomic E-state index is 0.178. The third-order valence-corrected chi connectivity index (χ3v) is 5.52. The summed E-state index contributed by atoms with van der Waals surface area (Å²) in [6, 6.07) is 18.8. The van der Waals surface area contributed by atoms with E-state index in [9.17, 15) is 4.79 Å². The van der Waals surface area contributed by atoms with E-state index in [1.807, 2.05) is 69.3 Å². The Labute approximate surface area is 196 Å². The molecule has 0 radical (unpaired) electrons. The van der Waals surface area contributed by atoms with Crippen molar-refractivity contribution in [1.82, 2.24) is 24.6 Å². The van der Waals surface area contributed by atoms with Crippen molar-refractivity contribution in [3.8, 4) is 11.4 Å². The van der Waals surface area contributed by atoms with Crippen LogP contribution in [-0.2, 0) is 0 Å². The van der Waals surface area contributed by atoms with E-state index in [0.29, 0.717) is 23.0 Å². The van der Waals surface area contributed by atoms with Crippen LogP contribution < -0.4 is 10.6 Å². The summed E-state index contributed by atoms with van der Waals surface area (Å²) in [6.07, 6.45) is 3.42. The minimum atomic E-state index is -0.178. The third kappa shape index (κ3) is 4.33. The molecule has 5 rings (SSSR count). The molecule has 0 saturated heterocycles. The fourth-order valence-corrected chi connectivity index (χ4v) is 3.60. The van der Waals surface area contributed by atoms with Gasteiger partial charge in [0.05, 0.1) is 0 Å². The molecule has 1 amide bonds. The summed E-state index contributed by atoms with van der Waals surface area (Å²) in [5.41, 5.74) is 5.97. The van der Waals surface area contributed by atoms with E-state index in [1.54, 1.807) is 29.0 Å². The maximum atomic E-state index is 12.9. The van der Waals surface area contributed by atoms with Crippen molar-refractivity contribution in [3.63, 3.8) is 0 Å². The predicted molar refractivity (Wildman–Crippen MR) is 132 cm³/mol. The van der Waals surface area contributed by atoms with Gasteiger partial charge in [0, 0.05) is 46.7 Å². The number of rotatable bonds is 5. The van der Waals surface area contributed by atoms with Crippen LogP contribution in [0.5, 0.6) is 0 Å². The van der Waals surface area contributed by atoms with Crippen molar-refractivity contribution in [3.05, 3.63) is 95.4 Å². The van der Waals surface area contributed by atoms with Gasteiger partial charge in [-0.05, 0) is 74.4 Å². The minimum Gasteiger partial charge on any atom is -0.340 e. The molecule has 168 valence electrons. The third-order valence-electron chi connectivity index (χ3n) is 5.52. The van der Waals surface area contributed by atoms with Crippen molar-refractivity contribution in [1.29, 1.82) is 0 Å². The Morgan fingerprint density at radius 2 is 1.76 bits per heavy atom. The topological polar surface area (TPSA) is 97.1 Å². The number of benzene rings is 2. The number of amides is 1. The molecule has 0 spiro atoms. The second-order valence-electron chi connectivity index (χ2n) is 8.13. The number of nitrogens with one attached hydrogen (secondary N) is 2. The van der Waals surface area contributed by atoms with E-state index in [0.717, 1.165) is 28.2 Å². The number of pyridine rings is 1. The zero-order chi connectivity index (χ0) is 23.7. The van der Waals surface area contributed by atoms with Gasteiger partial charge in [0.15, 0.2) is 5.82 Å². The quantitative estimate of drug-likeness (QED) is 0.387. The summed E-state index contributed by atoms with van der Waals surface area (Å²) >= 11 is 0. The Hall–Kier alpha value is -4.59. The first-order valence-corrected chi connectivity index (χ1v) is 10.9. The molecular weight excluding hydrogens is 426 g/mol. The second kappa shape index (κ2) is 8.74. The molecule has 2 N–H and O–H groups in total. The lowest BCUT2D eigenvalue weighted by molar-refractivity contribution is 0.102. The number of anilines is 3.